The number of likely N-dealkylation sites (N-methyl/N-ethyl adjacent to an activating group) is 1. The summed E-state index contributed by atoms with van der Waals surface area (Å²) in [4.78, 5) is 24.4. The fourth-order valence-electron chi connectivity index (χ4n) is 2.35. The van der Waals surface area contributed by atoms with Crippen molar-refractivity contribution in [1.82, 2.24) is 14.9 Å². The van der Waals surface area contributed by atoms with E-state index in [-0.39, 0.29) is 0 Å². The number of methoxy groups -OCH3 is 1. The number of carbonyl (C=O) groups excluding carboxylic acids is 1. The molecule has 6 nitrogen and oxygen atoms in total. The molecule has 1 aromatic rings. The van der Waals surface area contributed by atoms with Gasteiger partial charge in [-0.05, 0) is 13.5 Å². The maximum absolute atomic E-state index is 11.3. The molecule has 19 heavy (non-hydrogen) atoms. The number of esters is 1. The highest BCUT2D eigenvalue weighted by molar-refractivity contribution is 5.88. The highest BCUT2D eigenvalue weighted by atomic mass is 16.5. The van der Waals surface area contributed by atoms with E-state index in [0.717, 1.165) is 26.2 Å². The number of carbonyl (C=O) groups is 1. The molecule has 104 valence electrons. The van der Waals surface area contributed by atoms with Crippen LogP contribution in [0.15, 0.2) is 12.4 Å². The predicted molar refractivity (Wildman–Crippen MR) is 72.3 cm³/mol. The molecule has 1 fully saturated rings. The molecule has 0 aliphatic carbocycles. The molecule has 1 aromatic heterocycles. The van der Waals surface area contributed by atoms with Gasteiger partial charge in [0, 0.05) is 38.1 Å². The van der Waals surface area contributed by atoms with Crippen LogP contribution < -0.4 is 4.90 Å². The smallest absolute Gasteiger partial charge is 0.341 e. The van der Waals surface area contributed by atoms with Gasteiger partial charge in [-0.2, -0.15) is 0 Å². The number of hydrogen-bond donors (Lipinski definition) is 0. The normalized spacial score (nSPS) is 20.4. The van der Waals surface area contributed by atoms with Crippen LogP contribution in [0.4, 0.5) is 5.95 Å². The van der Waals surface area contributed by atoms with Gasteiger partial charge < -0.3 is 9.64 Å². The number of anilines is 1. The van der Waals surface area contributed by atoms with E-state index in [4.69, 9.17) is 0 Å². The summed E-state index contributed by atoms with van der Waals surface area (Å²) in [7, 11) is 1.35. The third kappa shape index (κ3) is 3.01. The van der Waals surface area contributed by atoms with Gasteiger partial charge in [0.1, 0.15) is 0 Å². The monoisotopic (exact) mass is 264 g/mol. The Bertz CT molecular complexity index is 435. The topological polar surface area (TPSA) is 58.6 Å². The number of aromatic nitrogens is 2. The summed E-state index contributed by atoms with van der Waals surface area (Å²) in [6.07, 6.45) is 3.04. The Balaban J connectivity index is 2.05. The van der Waals surface area contributed by atoms with Gasteiger partial charge in [-0.15, -0.1) is 0 Å². The van der Waals surface area contributed by atoms with Crippen LogP contribution in [0, 0.1) is 0 Å². The molecule has 1 aliphatic heterocycles. The molecule has 0 radical (unpaired) electrons. The summed E-state index contributed by atoms with van der Waals surface area (Å²) in [5.41, 5.74) is 0.381. The van der Waals surface area contributed by atoms with E-state index < -0.39 is 5.97 Å². The molecule has 1 aliphatic rings. The van der Waals surface area contributed by atoms with Crippen LogP contribution in [-0.2, 0) is 4.74 Å². The van der Waals surface area contributed by atoms with Gasteiger partial charge in [-0.1, -0.05) is 6.92 Å². The van der Waals surface area contributed by atoms with Crippen molar-refractivity contribution in [2.45, 2.75) is 19.9 Å². The molecule has 6 heteroatoms. The summed E-state index contributed by atoms with van der Waals surface area (Å²) >= 11 is 0. The SMILES string of the molecule is CCN1CCN(c2ncc(C(=O)OC)cn2)C[C@H]1C. The first-order valence-corrected chi connectivity index (χ1v) is 6.55. The number of hydrogen-bond acceptors (Lipinski definition) is 6. The Morgan fingerprint density at radius 1 is 1.42 bits per heavy atom. The number of rotatable bonds is 3. The van der Waals surface area contributed by atoms with E-state index in [9.17, 15) is 4.79 Å². The minimum absolute atomic E-state index is 0.381. The van der Waals surface area contributed by atoms with Crippen molar-refractivity contribution in [3.05, 3.63) is 18.0 Å². The number of ether oxygens (including phenoxy) is 1. The summed E-state index contributed by atoms with van der Waals surface area (Å²) in [5.74, 6) is 0.269. The van der Waals surface area contributed by atoms with Gasteiger partial charge >= 0.3 is 5.97 Å². The van der Waals surface area contributed by atoms with E-state index in [1.54, 1.807) is 0 Å². The summed E-state index contributed by atoms with van der Waals surface area (Å²) in [5, 5.41) is 0. The Hall–Kier alpha value is -1.69. The van der Waals surface area contributed by atoms with Crippen molar-refractivity contribution in [1.29, 1.82) is 0 Å². The van der Waals surface area contributed by atoms with E-state index in [2.05, 4.69) is 38.4 Å². The van der Waals surface area contributed by atoms with Crippen molar-refractivity contribution < 1.29 is 9.53 Å². The molecule has 1 saturated heterocycles. The lowest BCUT2D eigenvalue weighted by molar-refractivity contribution is 0.0599. The van der Waals surface area contributed by atoms with Gasteiger partial charge in [0.05, 0.1) is 12.7 Å². The fourth-order valence-corrected chi connectivity index (χ4v) is 2.35. The van der Waals surface area contributed by atoms with Crippen LogP contribution >= 0.6 is 0 Å². The zero-order valence-corrected chi connectivity index (χ0v) is 11.7. The third-order valence-electron chi connectivity index (χ3n) is 3.51. The zero-order valence-electron chi connectivity index (χ0n) is 11.7. The van der Waals surface area contributed by atoms with Crippen molar-refractivity contribution in [2.75, 3.05) is 38.2 Å². The lowest BCUT2D eigenvalue weighted by Crippen LogP contribution is -2.52. The summed E-state index contributed by atoms with van der Waals surface area (Å²) < 4.78 is 4.63. The minimum Gasteiger partial charge on any atom is -0.465 e. The highest BCUT2D eigenvalue weighted by Gasteiger charge is 2.24. The summed E-state index contributed by atoms with van der Waals surface area (Å²) in [6, 6.07) is 0.489. The van der Waals surface area contributed by atoms with Crippen molar-refractivity contribution in [2.24, 2.45) is 0 Å². The van der Waals surface area contributed by atoms with Crippen LogP contribution in [0.5, 0.6) is 0 Å². The maximum atomic E-state index is 11.3. The summed E-state index contributed by atoms with van der Waals surface area (Å²) in [6.45, 7) is 8.28. The van der Waals surface area contributed by atoms with Gasteiger partial charge in [0.25, 0.3) is 0 Å². The molecular formula is C13H20N4O2. The lowest BCUT2D eigenvalue weighted by atomic mass is 10.2. The Morgan fingerprint density at radius 2 is 2.11 bits per heavy atom. The molecule has 0 bridgehead atoms. The molecule has 1 atom stereocenters. The molecule has 0 spiro atoms. The van der Waals surface area contributed by atoms with Crippen LogP contribution in [0.25, 0.3) is 0 Å². The fraction of sp³-hybridized carbons (Fsp3) is 0.615. The van der Waals surface area contributed by atoms with E-state index in [1.807, 2.05) is 0 Å². The standard InChI is InChI=1S/C13H20N4O2/c1-4-16-5-6-17(9-10(16)2)13-14-7-11(8-15-13)12(18)19-3/h7-8,10H,4-6,9H2,1-3H3/t10-/m1/s1. The molecule has 0 aromatic carbocycles. The maximum Gasteiger partial charge on any atom is 0.341 e. The molecule has 0 amide bonds. The predicted octanol–water partition coefficient (Wildman–Crippen LogP) is 0.794. The van der Waals surface area contributed by atoms with E-state index >= 15 is 0 Å². The largest absolute Gasteiger partial charge is 0.465 e. The van der Waals surface area contributed by atoms with Crippen molar-refractivity contribution in [3.8, 4) is 0 Å². The Kier molecular flexibility index (Phi) is 4.31. The molecule has 2 rings (SSSR count). The van der Waals surface area contributed by atoms with Crippen molar-refractivity contribution in [3.63, 3.8) is 0 Å². The third-order valence-corrected chi connectivity index (χ3v) is 3.51. The second-order valence-corrected chi connectivity index (χ2v) is 4.69. The molecular weight excluding hydrogens is 244 g/mol. The van der Waals surface area contributed by atoms with Gasteiger partial charge in [-0.3, -0.25) is 4.90 Å². The number of piperazine rings is 1. The Morgan fingerprint density at radius 3 is 2.63 bits per heavy atom. The first kappa shape index (κ1) is 13.7. The number of nitrogens with zero attached hydrogens (tertiary/aromatic N) is 4. The van der Waals surface area contributed by atoms with Gasteiger partial charge in [0.2, 0.25) is 5.95 Å². The average Bonchev–Trinajstić information content (AvgIpc) is 2.46. The van der Waals surface area contributed by atoms with Gasteiger partial charge in [0.15, 0.2) is 0 Å². The lowest BCUT2D eigenvalue weighted by Gasteiger charge is -2.39. The quantitative estimate of drug-likeness (QED) is 0.752. The van der Waals surface area contributed by atoms with Crippen LogP contribution in [0.2, 0.25) is 0 Å². The van der Waals surface area contributed by atoms with Crippen LogP contribution in [-0.4, -0.2) is 60.2 Å². The average molecular weight is 264 g/mol. The van der Waals surface area contributed by atoms with E-state index in [1.165, 1.54) is 19.5 Å². The molecule has 0 N–H and O–H groups in total. The molecule has 0 unspecified atom stereocenters. The first-order chi connectivity index (χ1) is 9.15. The minimum atomic E-state index is -0.407. The van der Waals surface area contributed by atoms with Crippen LogP contribution in [0.1, 0.15) is 24.2 Å². The van der Waals surface area contributed by atoms with E-state index in [0.29, 0.717) is 17.6 Å². The van der Waals surface area contributed by atoms with Crippen molar-refractivity contribution >= 4 is 11.9 Å². The Labute approximate surface area is 113 Å². The second-order valence-electron chi connectivity index (χ2n) is 4.69. The highest BCUT2D eigenvalue weighted by Crippen LogP contribution is 2.14. The first-order valence-electron chi connectivity index (χ1n) is 6.55. The second kappa shape index (κ2) is 5.97. The van der Waals surface area contributed by atoms with Gasteiger partial charge in [-0.25, -0.2) is 14.8 Å². The zero-order chi connectivity index (χ0) is 13.8. The van der Waals surface area contributed by atoms with Crippen LogP contribution in [0.3, 0.4) is 0 Å². The molecule has 2 heterocycles. The molecule has 0 saturated carbocycles.